The first kappa shape index (κ1) is 48.0. The minimum Gasteiger partial charge on any atom is -0.412 e. The fourth-order valence-corrected chi connectivity index (χ4v) is 5.73. The first-order valence-electron chi connectivity index (χ1n) is 14.1. The minimum absolute atomic E-state index is 0. The van der Waals surface area contributed by atoms with Gasteiger partial charge >= 0.3 is 0 Å². The molecule has 5 aliphatic rings. The fourth-order valence-electron chi connectivity index (χ4n) is 5.73. The van der Waals surface area contributed by atoms with Gasteiger partial charge in [-0.15, -0.1) is 0 Å². The average molecular weight is 739 g/mol. The lowest BCUT2D eigenvalue weighted by atomic mass is 9.96. The van der Waals surface area contributed by atoms with Crippen LogP contribution in [0.25, 0.3) is 0 Å². The highest BCUT2D eigenvalue weighted by Crippen LogP contribution is 2.33. The van der Waals surface area contributed by atoms with Crippen LogP contribution in [0.5, 0.6) is 0 Å². The lowest BCUT2D eigenvalue weighted by molar-refractivity contribution is -0.383. The van der Waals surface area contributed by atoms with Gasteiger partial charge in [-0.05, 0) is 0 Å². The third-order valence-electron chi connectivity index (χ3n) is 8.41. The Morgan fingerprint density at radius 3 is 0.980 bits per heavy atom. The molecule has 5 rings (SSSR count). The number of rotatable bonds is 2. The molecule has 8 bridgehead atoms. The Morgan fingerprint density at radius 1 is 0.347 bits per heavy atom. The van der Waals surface area contributed by atoms with Gasteiger partial charge in [0.2, 0.25) is 0 Å². The molecule has 49 heavy (non-hydrogen) atoms. The molecule has 0 aromatic rings. The number of hydrogen-bond acceptors (Lipinski definition) is 20. The van der Waals surface area contributed by atoms with Crippen molar-refractivity contribution in [3.8, 4) is 0 Å². The Morgan fingerprint density at radius 2 is 0.673 bits per heavy atom. The van der Waals surface area contributed by atoms with Crippen molar-refractivity contribution in [2.75, 3.05) is 26.4 Å². The van der Waals surface area contributed by atoms with Crippen molar-refractivity contribution >= 4 is 0 Å². The predicted molar refractivity (Wildman–Crippen MR) is 149 cm³/mol. The van der Waals surface area contributed by atoms with Gasteiger partial charge in [-0.3, -0.25) is 0 Å². The molecule has 0 amide bonds. The van der Waals surface area contributed by atoms with E-state index < -0.39 is 149 Å². The van der Waals surface area contributed by atoms with Crippen LogP contribution in [0.2, 0.25) is 0 Å². The van der Waals surface area contributed by atoms with Crippen molar-refractivity contribution in [1.82, 2.24) is 0 Å². The van der Waals surface area contributed by atoms with Crippen LogP contribution in [-0.4, -0.2) is 238 Å². The molecule has 5 saturated heterocycles. The molecule has 25 nitrogen and oxygen atoms in total. The number of hydrogen-bond donors (Lipinski definition) is 12. The normalized spacial score (nSPS) is 50.2. The lowest BCUT2D eigenvalue weighted by Gasteiger charge is -2.48. The highest BCUT2D eigenvalue weighted by molar-refractivity contribution is 4.97. The van der Waals surface area contributed by atoms with Gasteiger partial charge in [0.15, 0.2) is 25.2 Å². The van der Waals surface area contributed by atoms with Gasteiger partial charge < -0.3 is 127 Å². The summed E-state index contributed by atoms with van der Waals surface area (Å²) in [6.45, 7) is -2.95. The van der Waals surface area contributed by atoms with E-state index in [1.54, 1.807) is 0 Å². The van der Waals surface area contributed by atoms with Gasteiger partial charge in [0.25, 0.3) is 0 Å². The van der Waals surface area contributed by atoms with Crippen molar-refractivity contribution in [2.45, 2.75) is 123 Å². The first-order valence-corrected chi connectivity index (χ1v) is 14.1. The third-order valence-corrected chi connectivity index (χ3v) is 8.41. The Hall–Kier alpha value is -1.00. The average Bonchev–Trinajstić information content (AvgIpc) is 3.01. The maximum absolute atomic E-state index is 11.0. The summed E-state index contributed by atoms with van der Waals surface area (Å²) in [6, 6.07) is 0. The van der Waals surface area contributed by atoms with E-state index in [-0.39, 0.29) is 27.4 Å². The monoisotopic (exact) mass is 738 g/mol. The quantitative estimate of drug-likeness (QED) is 0.125. The molecule has 296 valence electrons. The standard InChI is InChI=1S/C24H40O20.5H2O/c25-1-5-11(29)19-17(35)21(39-5)37-3-7-9(27)14(32)16(34)24(42-7)44-20-12(30)6(2-26)40-22(18(20)36)38-4-8-10(28)13(31)15(33)23(41-8)43-19;;;;;/h5-36H,1-4H2;5*1H2/t5-,6-,7-,8-,9-,10-,11-,12-,13+,14+,15-,16-,17-,18-,19+,20+,21+,22+,23-,24-;;;;;/m1...../s1. The van der Waals surface area contributed by atoms with Crippen molar-refractivity contribution in [2.24, 2.45) is 0 Å². The maximum Gasteiger partial charge on any atom is 0.187 e. The maximum atomic E-state index is 11.0. The van der Waals surface area contributed by atoms with Crippen molar-refractivity contribution in [3.05, 3.63) is 0 Å². The Kier molecular flexibility index (Phi) is 19.3. The molecule has 5 fully saturated rings. The van der Waals surface area contributed by atoms with Crippen LogP contribution in [0.4, 0.5) is 0 Å². The number of fused-ring (bicyclic) bond motifs is 8. The summed E-state index contributed by atoms with van der Waals surface area (Å²) in [4.78, 5) is 0. The molecule has 0 saturated carbocycles. The zero-order chi connectivity index (χ0) is 32.0. The first-order chi connectivity index (χ1) is 20.9. The van der Waals surface area contributed by atoms with E-state index in [2.05, 4.69) is 0 Å². The summed E-state index contributed by atoms with van der Waals surface area (Å²) >= 11 is 0. The molecule has 0 aromatic heterocycles. The summed E-state index contributed by atoms with van der Waals surface area (Å²) in [7, 11) is 0. The molecule has 22 N–H and O–H groups in total. The largest absolute Gasteiger partial charge is 0.412 e. The van der Waals surface area contributed by atoms with Crippen LogP contribution >= 0.6 is 0 Å². The molecule has 0 aromatic carbocycles. The van der Waals surface area contributed by atoms with E-state index in [1.165, 1.54) is 0 Å². The molecule has 0 unspecified atom stereocenters. The number of aliphatic hydroxyl groups excluding tert-OH is 12. The van der Waals surface area contributed by atoms with Crippen molar-refractivity contribution in [3.63, 3.8) is 0 Å². The molecule has 5 aliphatic heterocycles. The van der Waals surface area contributed by atoms with Gasteiger partial charge in [-0.2, -0.15) is 0 Å². The zero-order valence-electron chi connectivity index (χ0n) is 25.5. The van der Waals surface area contributed by atoms with Gasteiger partial charge in [-0.25, -0.2) is 0 Å². The minimum atomic E-state index is -1.93. The van der Waals surface area contributed by atoms with E-state index >= 15 is 0 Å². The van der Waals surface area contributed by atoms with Gasteiger partial charge in [0.05, 0.1) is 26.4 Å². The molecule has 0 radical (unpaired) electrons. The highest BCUT2D eigenvalue weighted by Gasteiger charge is 2.54. The molecule has 0 aliphatic carbocycles. The van der Waals surface area contributed by atoms with E-state index in [0.29, 0.717) is 0 Å². The van der Waals surface area contributed by atoms with E-state index in [4.69, 9.17) is 37.9 Å². The summed E-state index contributed by atoms with van der Waals surface area (Å²) in [5, 5.41) is 126. The molecule has 0 spiro atoms. The second-order valence-electron chi connectivity index (χ2n) is 11.3. The topological polar surface area (TPSA) is 474 Å². The molecular formula is C24H50O25. The summed E-state index contributed by atoms with van der Waals surface area (Å²) < 4.78 is 44.3. The predicted octanol–water partition coefficient (Wildman–Crippen LogP) is -12.8. The molecular weight excluding hydrogens is 688 g/mol. The van der Waals surface area contributed by atoms with Crippen molar-refractivity contribution < 1.29 is 127 Å². The fraction of sp³-hybridized carbons (Fsp3) is 1.00. The van der Waals surface area contributed by atoms with E-state index in [9.17, 15) is 61.3 Å². The smallest absolute Gasteiger partial charge is 0.187 e. The van der Waals surface area contributed by atoms with Gasteiger partial charge in [-0.1, -0.05) is 0 Å². The van der Waals surface area contributed by atoms with Crippen LogP contribution in [-0.2, 0) is 37.9 Å². The summed E-state index contributed by atoms with van der Waals surface area (Å²) in [5.41, 5.74) is 0. The Labute approximate surface area is 276 Å². The van der Waals surface area contributed by atoms with E-state index in [0.717, 1.165) is 0 Å². The number of ether oxygens (including phenoxy) is 8. The summed E-state index contributed by atoms with van der Waals surface area (Å²) in [5.74, 6) is 0. The van der Waals surface area contributed by atoms with Crippen molar-refractivity contribution in [1.29, 1.82) is 0 Å². The number of aliphatic hydroxyl groups is 12. The Bertz CT molecular complexity index is 865. The molecule has 5 heterocycles. The Balaban J connectivity index is 0.00000461. The third kappa shape index (κ3) is 9.33. The highest BCUT2D eigenvalue weighted by atomic mass is 16.8. The van der Waals surface area contributed by atoms with E-state index in [1.807, 2.05) is 0 Å². The SMILES string of the molecule is O.O.O.O.O.OC[C@H]1O[C@@H]2OC[C@H]3O[C@H](O[C@@H]4[C@@H](O)[C@@H](OC[C@H]5O[C@H](O[C@H]([C@H]2O)[C@@H]1O)[C@H](O)[C@@H](O)[C@@H]5O)O[C@H](CO)[C@H]4O)[C@H](O)[C@@H](O)[C@@H]3O. The summed E-state index contributed by atoms with van der Waals surface area (Å²) in [6.07, 6.45) is -34.8. The lowest BCUT2D eigenvalue weighted by Crippen LogP contribution is -2.67. The van der Waals surface area contributed by atoms with Crippen LogP contribution < -0.4 is 0 Å². The van der Waals surface area contributed by atoms with Crippen LogP contribution in [0.3, 0.4) is 0 Å². The van der Waals surface area contributed by atoms with Crippen LogP contribution in [0.15, 0.2) is 0 Å². The molecule has 20 atom stereocenters. The second kappa shape index (κ2) is 19.7. The molecule has 25 heteroatoms. The van der Waals surface area contributed by atoms with Gasteiger partial charge in [0, 0.05) is 0 Å². The van der Waals surface area contributed by atoms with Crippen LogP contribution in [0.1, 0.15) is 0 Å². The zero-order valence-corrected chi connectivity index (χ0v) is 25.5. The second-order valence-corrected chi connectivity index (χ2v) is 11.3. The van der Waals surface area contributed by atoms with Crippen LogP contribution in [0, 0.1) is 0 Å². The van der Waals surface area contributed by atoms with Gasteiger partial charge in [0.1, 0.15) is 97.7 Å².